The van der Waals surface area contributed by atoms with E-state index in [0.717, 1.165) is 11.1 Å². The number of benzene rings is 1. The van der Waals surface area contributed by atoms with Crippen LogP contribution in [0, 0.1) is 13.8 Å². The molecule has 18 heavy (non-hydrogen) atoms. The number of rotatable bonds is 3. The Hall–Kier alpha value is -2.17. The number of aromatic nitrogens is 2. The highest BCUT2D eigenvalue weighted by atomic mass is 16.4. The van der Waals surface area contributed by atoms with Gasteiger partial charge in [-0.3, -0.25) is 4.79 Å². The number of nitrogens with zero attached hydrogens (tertiary/aromatic N) is 2. The summed E-state index contributed by atoms with van der Waals surface area (Å²) in [7, 11) is 0. The van der Waals surface area contributed by atoms with E-state index in [-0.39, 0.29) is 5.89 Å². The van der Waals surface area contributed by atoms with Gasteiger partial charge in [-0.05, 0) is 44.0 Å². The van der Waals surface area contributed by atoms with E-state index in [2.05, 4.69) is 10.2 Å². The molecule has 0 spiro atoms. The van der Waals surface area contributed by atoms with Crippen molar-refractivity contribution < 1.29 is 14.3 Å². The van der Waals surface area contributed by atoms with Crippen LogP contribution in [0.2, 0.25) is 0 Å². The van der Waals surface area contributed by atoms with Crippen LogP contribution in [0.1, 0.15) is 29.9 Å². The molecule has 1 aromatic carbocycles. The molecule has 5 heteroatoms. The fraction of sp³-hybridized carbons (Fsp3) is 0.308. The number of hydrogen-bond acceptors (Lipinski definition) is 4. The van der Waals surface area contributed by atoms with Gasteiger partial charge in [0.05, 0.1) is 0 Å². The number of hydrogen-bond donors (Lipinski definition) is 1. The highest BCUT2D eigenvalue weighted by molar-refractivity contribution is 5.74. The highest BCUT2D eigenvalue weighted by Crippen LogP contribution is 2.23. The van der Waals surface area contributed by atoms with E-state index in [4.69, 9.17) is 9.52 Å². The van der Waals surface area contributed by atoms with Crippen LogP contribution in [0.15, 0.2) is 22.6 Å². The lowest BCUT2D eigenvalue weighted by molar-refractivity contribution is -0.138. The van der Waals surface area contributed by atoms with E-state index < -0.39 is 11.9 Å². The molecule has 0 saturated carbocycles. The van der Waals surface area contributed by atoms with Gasteiger partial charge in [0, 0.05) is 5.56 Å². The van der Waals surface area contributed by atoms with Crippen molar-refractivity contribution in [3.05, 3.63) is 35.2 Å². The third kappa shape index (κ3) is 2.25. The van der Waals surface area contributed by atoms with Crippen molar-refractivity contribution in [1.29, 1.82) is 0 Å². The molecule has 0 saturated heterocycles. The van der Waals surface area contributed by atoms with Gasteiger partial charge in [-0.15, -0.1) is 10.2 Å². The van der Waals surface area contributed by atoms with Crippen LogP contribution >= 0.6 is 0 Å². The average Bonchev–Trinajstić information content (AvgIpc) is 2.81. The first kappa shape index (κ1) is 12.3. The van der Waals surface area contributed by atoms with Gasteiger partial charge in [0.1, 0.15) is 5.92 Å². The standard InChI is InChI=1S/C13H14N2O3/c1-7-4-5-10(6-8(7)2)12-15-14-11(18-12)9(3)13(16)17/h4-6,9H,1-3H3,(H,16,17). The summed E-state index contributed by atoms with van der Waals surface area (Å²) in [4.78, 5) is 10.8. The number of aliphatic carboxylic acids is 1. The van der Waals surface area contributed by atoms with Crippen LogP contribution in [0.5, 0.6) is 0 Å². The predicted octanol–water partition coefficient (Wildman–Crippen LogP) is 2.54. The number of carboxylic acids is 1. The van der Waals surface area contributed by atoms with Crippen LogP contribution in [-0.2, 0) is 4.79 Å². The van der Waals surface area contributed by atoms with E-state index >= 15 is 0 Å². The molecule has 0 fully saturated rings. The number of carboxylic acid groups (broad SMARTS) is 1. The quantitative estimate of drug-likeness (QED) is 0.900. The molecule has 1 unspecified atom stereocenters. The molecule has 1 aromatic heterocycles. The Labute approximate surface area is 104 Å². The van der Waals surface area contributed by atoms with E-state index in [1.54, 1.807) is 0 Å². The Morgan fingerprint density at radius 3 is 2.61 bits per heavy atom. The summed E-state index contributed by atoms with van der Waals surface area (Å²) in [6.07, 6.45) is 0. The molecule has 2 aromatic rings. The first-order valence-corrected chi connectivity index (χ1v) is 5.63. The molecule has 5 nitrogen and oxygen atoms in total. The highest BCUT2D eigenvalue weighted by Gasteiger charge is 2.21. The van der Waals surface area contributed by atoms with E-state index in [1.807, 2.05) is 32.0 Å². The molecule has 0 bridgehead atoms. The molecular weight excluding hydrogens is 232 g/mol. The lowest BCUT2D eigenvalue weighted by Gasteiger charge is -2.01. The summed E-state index contributed by atoms with van der Waals surface area (Å²) >= 11 is 0. The summed E-state index contributed by atoms with van der Waals surface area (Å²) in [5, 5.41) is 16.5. The molecule has 0 aliphatic heterocycles. The normalized spacial score (nSPS) is 12.4. The predicted molar refractivity (Wildman–Crippen MR) is 65.3 cm³/mol. The van der Waals surface area contributed by atoms with Gasteiger partial charge in [-0.25, -0.2) is 0 Å². The smallest absolute Gasteiger partial charge is 0.315 e. The van der Waals surface area contributed by atoms with Crippen LogP contribution < -0.4 is 0 Å². The number of carbonyl (C=O) groups is 1. The molecule has 1 N–H and O–H groups in total. The molecule has 0 amide bonds. The zero-order valence-electron chi connectivity index (χ0n) is 10.5. The van der Waals surface area contributed by atoms with Crippen molar-refractivity contribution >= 4 is 5.97 Å². The lowest BCUT2D eigenvalue weighted by atomic mass is 10.1. The van der Waals surface area contributed by atoms with Gasteiger partial charge in [-0.2, -0.15) is 0 Å². The second-order valence-corrected chi connectivity index (χ2v) is 4.30. The molecular formula is C13H14N2O3. The molecule has 1 atom stereocenters. The summed E-state index contributed by atoms with van der Waals surface area (Å²) in [6.45, 7) is 5.53. The number of aryl methyl sites for hydroxylation is 2. The largest absolute Gasteiger partial charge is 0.481 e. The van der Waals surface area contributed by atoms with Crippen LogP contribution in [-0.4, -0.2) is 21.3 Å². The molecule has 0 aliphatic rings. The maximum atomic E-state index is 10.8. The molecule has 0 aliphatic carbocycles. The monoisotopic (exact) mass is 246 g/mol. The zero-order valence-corrected chi connectivity index (χ0v) is 10.5. The van der Waals surface area contributed by atoms with Crippen molar-refractivity contribution in [1.82, 2.24) is 10.2 Å². The van der Waals surface area contributed by atoms with Gasteiger partial charge in [0.15, 0.2) is 0 Å². The second-order valence-electron chi connectivity index (χ2n) is 4.30. The van der Waals surface area contributed by atoms with Gasteiger partial charge < -0.3 is 9.52 Å². The minimum atomic E-state index is -0.981. The molecule has 0 radical (unpaired) electrons. The SMILES string of the molecule is Cc1ccc(-c2nnc(C(C)C(=O)O)o2)cc1C. The van der Waals surface area contributed by atoms with E-state index in [0.29, 0.717) is 5.89 Å². The minimum absolute atomic E-state index is 0.121. The first-order chi connectivity index (χ1) is 8.49. The lowest BCUT2D eigenvalue weighted by Crippen LogP contribution is -2.07. The van der Waals surface area contributed by atoms with Crippen LogP contribution in [0.3, 0.4) is 0 Å². The van der Waals surface area contributed by atoms with Crippen LogP contribution in [0.25, 0.3) is 11.5 Å². The van der Waals surface area contributed by atoms with E-state index in [1.165, 1.54) is 12.5 Å². The first-order valence-electron chi connectivity index (χ1n) is 5.63. The summed E-state index contributed by atoms with van der Waals surface area (Å²) in [5.41, 5.74) is 3.10. The van der Waals surface area contributed by atoms with Crippen molar-refractivity contribution in [2.45, 2.75) is 26.7 Å². The second kappa shape index (κ2) is 4.60. The van der Waals surface area contributed by atoms with Crippen molar-refractivity contribution in [2.24, 2.45) is 0 Å². The zero-order chi connectivity index (χ0) is 13.3. The minimum Gasteiger partial charge on any atom is -0.481 e. The fourth-order valence-electron chi connectivity index (χ4n) is 1.51. The van der Waals surface area contributed by atoms with Gasteiger partial charge >= 0.3 is 5.97 Å². The van der Waals surface area contributed by atoms with E-state index in [9.17, 15) is 4.79 Å². The Morgan fingerprint density at radius 1 is 1.28 bits per heavy atom. The summed E-state index contributed by atoms with van der Waals surface area (Å²) in [6, 6.07) is 5.79. The third-order valence-electron chi connectivity index (χ3n) is 2.94. The maximum absolute atomic E-state index is 10.8. The maximum Gasteiger partial charge on any atom is 0.315 e. The molecule has 94 valence electrons. The van der Waals surface area contributed by atoms with Crippen molar-refractivity contribution in [2.75, 3.05) is 0 Å². The summed E-state index contributed by atoms with van der Waals surface area (Å²) in [5.74, 6) is -1.31. The molecule has 1 heterocycles. The molecule has 2 rings (SSSR count). The van der Waals surface area contributed by atoms with Crippen molar-refractivity contribution in [3.8, 4) is 11.5 Å². The summed E-state index contributed by atoms with van der Waals surface area (Å²) < 4.78 is 5.38. The van der Waals surface area contributed by atoms with Gasteiger partial charge in [-0.1, -0.05) is 6.07 Å². The van der Waals surface area contributed by atoms with Gasteiger partial charge in [0.25, 0.3) is 0 Å². The van der Waals surface area contributed by atoms with Crippen molar-refractivity contribution in [3.63, 3.8) is 0 Å². The topological polar surface area (TPSA) is 76.2 Å². The van der Waals surface area contributed by atoms with Crippen LogP contribution in [0.4, 0.5) is 0 Å². The Balaban J connectivity index is 2.35. The fourth-order valence-corrected chi connectivity index (χ4v) is 1.51. The average molecular weight is 246 g/mol. The van der Waals surface area contributed by atoms with Gasteiger partial charge in [0.2, 0.25) is 11.8 Å². The Kier molecular flexibility index (Phi) is 3.14. The Bertz CT molecular complexity index is 590. The third-order valence-corrected chi connectivity index (χ3v) is 2.94. The Morgan fingerprint density at radius 2 is 2.00 bits per heavy atom.